The predicted molar refractivity (Wildman–Crippen MR) is 170 cm³/mol. The Morgan fingerprint density at radius 3 is 2.20 bits per heavy atom. The molecule has 0 saturated heterocycles. The maximum Gasteiger partial charge on any atom is 0.250 e. The number of carbonyl (C=O) groups excluding carboxylic acids is 3. The number of primary amides is 1. The average molecular weight is 592 g/mol. The minimum absolute atomic E-state index is 0.0277. The van der Waals surface area contributed by atoms with E-state index in [1.54, 1.807) is 43.7 Å². The molecule has 5 aromatic rings. The highest BCUT2D eigenvalue weighted by atomic mass is 16.2. The van der Waals surface area contributed by atoms with Gasteiger partial charge in [-0.25, -0.2) is 0 Å². The first kappa shape index (κ1) is 31.5. The molecule has 2 heterocycles. The van der Waals surface area contributed by atoms with Crippen LogP contribution in [-0.4, -0.2) is 62.8 Å². The van der Waals surface area contributed by atoms with Gasteiger partial charge in [0.05, 0.1) is 11.7 Å². The number of nitrogens with one attached hydrogen (secondary N) is 2. The molecule has 0 aliphatic carbocycles. The van der Waals surface area contributed by atoms with Crippen molar-refractivity contribution in [3.63, 3.8) is 0 Å². The quantitative estimate of drug-likeness (QED) is 0.207. The number of rotatable bonds is 9. The molecule has 0 radical (unpaired) electrons. The average Bonchev–Trinajstić information content (AvgIpc) is 3.68. The van der Waals surface area contributed by atoms with E-state index >= 15 is 0 Å². The third-order valence-electron chi connectivity index (χ3n) is 7.05. The van der Waals surface area contributed by atoms with Crippen LogP contribution in [0.3, 0.4) is 0 Å². The SMILES string of the molecule is CC(C)(N)C(=O)N[C@H](Cc1c[nH]c2ccccc12)C(N)=O.CN(C)C(=O)C(c1ccc(-c2ccccc2)cc1)n1c#cnc1. The Hall–Kier alpha value is -5.40. The zero-order valence-corrected chi connectivity index (χ0v) is 25.2. The topological polar surface area (TPSA) is 152 Å². The van der Waals surface area contributed by atoms with Gasteiger partial charge in [0.2, 0.25) is 11.8 Å². The molecule has 0 spiro atoms. The Labute approximate surface area is 257 Å². The number of nitrogens with two attached hydrogens (primary N) is 2. The molecule has 0 aliphatic heterocycles. The van der Waals surface area contributed by atoms with Crippen molar-refractivity contribution in [2.75, 3.05) is 14.1 Å². The second-order valence-electron chi connectivity index (χ2n) is 11.2. The van der Waals surface area contributed by atoms with Crippen molar-refractivity contribution in [2.24, 2.45) is 11.5 Å². The highest BCUT2D eigenvalue weighted by Crippen LogP contribution is 2.24. The summed E-state index contributed by atoms with van der Waals surface area (Å²) in [7, 11) is 3.49. The van der Waals surface area contributed by atoms with Crippen molar-refractivity contribution < 1.29 is 14.4 Å². The molecule has 44 heavy (non-hydrogen) atoms. The number of benzene rings is 3. The summed E-state index contributed by atoms with van der Waals surface area (Å²) in [4.78, 5) is 44.6. The molecule has 5 rings (SSSR count). The van der Waals surface area contributed by atoms with E-state index in [1.807, 2.05) is 72.9 Å². The van der Waals surface area contributed by atoms with E-state index < -0.39 is 29.4 Å². The smallest absolute Gasteiger partial charge is 0.250 e. The molecule has 1 unspecified atom stereocenters. The van der Waals surface area contributed by atoms with Crippen LogP contribution in [0.1, 0.15) is 31.0 Å². The largest absolute Gasteiger partial charge is 0.368 e. The molecule has 0 fully saturated rings. The van der Waals surface area contributed by atoms with Crippen molar-refractivity contribution in [3.05, 3.63) is 115 Å². The molecule has 10 heteroatoms. The van der Waals surface area contributed by atoms with Gasteiger partial charge in [0, 0.05) is 43.8 Å². The lowest BCUT2D eigenvalue weighted by atomic mass is 10.00. The molecular weight excluding hydrogens is 554 g/mol. The van der Waals surface area contributed by atoms with E-state index in [1.165, 1.54) is 0 Å². The number of hydrogen-bond acceptors (Lipinski definition) is 5. The number of carbonyl (C=O) groups is 3. The Morgan fingerprint density at radius 1 is 0.977 bits per heavy atom. The number of H-pyrrole nitrogens is 1. The number of aromatic nitrogens is 3. The van der Waals surface area contributed by atoms with Crippen molar-refractivity contribution in [1.82, 2.24) is 24.8 Å². The monoisotopic (exact) mass is 591 g/mol. The van der Waals surface area contributed by atoms with Crippen LogP contribution >= 0.6 is 0 Å². The van der Waals surface area contributed by atoms with Crippen molar-refractivity contribution in [3.8, 4) is 11.1 Å². The maximum atomic E-state index is 12.5. The van der Waals surface area contributed by atoms with E-state index in [4.69, 9.17) is 11.5 Å². The molecule has 0 bridgehead atoms. The van der Waals surface area contributed by atoms with Crippen molar-refractivity contribution in [2.45, 2.75) is 37.9 Å². The van der Waals surface area contributed by atoms with Gasteiger partial charge >= 0.3 is 0 Å². The number of fused-ring (bicyclic) bond motifs is 1. The third kappa shape index (κ3) is 7.70. The normalized spacial score (nSPS) is 12.3. The van der Waals surface area contributed by atoms with Crippen LogP contribution in [0.4, 0.5) is 0 Å². The molecule has 0 aliphatic rings. The van der Waals surface area contributed by atoms with Gasteiger partial charge < -0.3 is 26.7 Å². The first-order valence-corrected chi connectivity index (χ1v) is 14.1. The summed E-state index contributed by atoms with van der Waals surface area (Å²) in [5, 5.41) is 3.61. The third-order valence-corrected chi connectivity index (χ3v) is 7.05. The summed E-state index contributed by atoms with van der Waals surface area (Å²) in [6.07, 6.45) is 9.19. The molecule has 3 amide bonds. The van der Waals surface area contributed by atoms with E-state index in [-0.39, 0.29) is 5.91 Å². The summed E-state index contributed by atoms with van der Waals surface area (Å²) in [6.45, 7) is 3.15. The molecule has 2 aromatic heterocycles. The Kier molecular flexibility index (Phi) is 9.83. The van der Waals surface area contributed by atoms with Crippen LogP contribution < -0.4 is 16.8 Å². The Bertz CT molecular complexity index is 1690. The lowest BCUT2D eigenvalue weighted by Gasteiger charge is -2.22. The summed E-state index contributed by atoms with van der Waals surface area (Å²) in [5.74, 6) is -1.02. The molecule has 226 valence electrons. The zero-order chi connectivity index (χ0) is 31.9. The van der Waals surface area contributed by atoms with E-state index in [2.05, 4.69) is 39.8 Å². The first-order valence-electron chi connectivity index (χ1n) is 14.1. The van der Waals surface area contributed by atoms with Crippen LogP contribution in [0.2, 0.25) is 0 Å². The van der Waals surface area contributed by atoms with Crippen molar-refractivity contribution >= 4 is 28.6 Å². The van der Waals surface area contributed by atoms with Gasteiger partial charge in [-0.3, -0.25) is 19.0 Å². The number of likely N-dealkylation sites (N-methyl/N-ethyl adjacent to an activating group) is 1. The fraction of sp³-hybridized carbons (Fsp3) is 0.235. The predicted octanol–water partition coefficient (Wildman–Crippen LogP) is 3.25. The summed E-state index contributed by atoms with van der Waals surface area (Å²) >= 11 is 0. The number of hydrogen-bond donors (Lipinski definition) is 4. The fourth-order valence-electron chi connectivity index (χ4n) is 4.58. The van der Waals surface area contributed by atoms with Crippen LogP contribution in [0.5, 0.6) is 0 Å². The molecule has 10 nitrogen and oxygen atoms in total. The molecule has 3 aromatic carbocycles. The van der Waals surface area contributed by atoms with Gasteiger partial charge in [-0.05, 0) is 42.2 Å². The zero-order valence-electron chi connectivity index (χ0n) is 25.2. The van der Waals surface area contributed by atoms with E-state index in [0.29, 0.717) is 6.42 Å². The number of amides is 3. The van der Waals surface area contributed by atoms with Gasteiger partial charge in [-0.2, -0.15) is 4.98 Å². The Balaban J connectivity index is 0.000000202. The van der Waals surface area contributed by atoms with Crippen LogP contribution in [-0.2, 0) is 20.8 Å². The van der Waals surface area contributed by atoms with Gasteiger partial charge in [0.25, 0.3) is 5.91 Å². The molecular formula is C34H37N7O3. The second-order valence-corrected chi connectivity index (χ2v) is 11.2. The number of nitrogens with zero attached hydrogens (tertiary/aromatic N) is 3. The number of aromatic amines is 1. The second kappa shape index (κ2) is 13.7. The van der Waals surface area contributed by atoms with Crippen LogP contribution in [0, 0.1) is 12.4 Å². The van der Waals surface area contributed by atoms with Crippen LogP contribution in [0.25, 0.3) is 22.0 Å². The van der Waals surface area contributed by atoms with Crippen molar-refractivity contribution in [1.29, 1.82) is 0 Å². The minimum atomic E-state index is -1.06. The molecule has 0 saturated carbocycles. The van der Waals surface area contributed by atoms with E-state index in [9.17, 15) is 14.4 Å². The highest BCUT2D eigenvalue weighted by molar-refractivity contribution is 5.92. The van der Waals surface area contributed by atoms with Gasteiger partial charge in [-0.1, -0.05) is 72.8 Å². The summed E-state index contributed by atoms with van der Waals surface area (Å²) in [6, 6.07) is 24.6. The lowest BCUT2D eigenvalue weighted by molar-refractivity contribution is -0.131. The van der Waals surface area contributed by atoms with E-state index in [0.717, 1.165) is 33.2 Å². The van der Waals surface area contributed by atoms with Gasteiger partial charge in [-0.15, -0.1) is 0 Å². The minimum Gasteiger partial charge on any atom is -0.368 e. The fourth-order valence-corrected chi connectivity index (χ4v) is 4.58. The standard InChI is InChI=1S/C19H17N3O.C15H20N4O2/c1-21(2)19(23)18(22-13-12-20-14-22)17-10-8-16(9-11-17)15-6-4-3-5-7-15;1-15(2,17)14(21)19-12(13(16)20)7-9-8-18-11-6-4-3-5-10(9)11/h3-11,14,18H,1-2H3;3-6,8,12,18H,7,17H2,1-2H3,(H2,16,20)(H,19,21)/t;12-/m.1/s1. The lowest BCUT2D eigenvalue weighted by Crippen LogP contribution is -2.55. The van der Waals surface area contributed by atoms with Gasteiger partial charge in [0.1, 0.15) is 18.4 Å². The molecule has 6 N–H and O–H groups in total. The molecule has 2 atom stereocenters. The first-order chi connectivity index (χ1) is 21.0. The summed E-state index contributed by atoms with van der Waals surface area (Å²) in [5.41, 5.74) is 15.1. The summed E-state index contributed by atoms with van der Waals surface area (Å²) < 4.78 is 1.65. The Morgan fingerprint density at radius 2 is 1.61 bits per heavy atom. The van der Waals surface area contributed by atoms with Crippen LogP contribution in [0.15, 0.2) is 91.4 Å². The maximum absolute atomic E-state index is 12.5. The van der Waals surface area contributed by atoms with Gasteiger partial charge in [0.15, 0.2) is 0 Å². The highest BCUT2D eigenvalue weighted by Gasteiger charge is 2.27. The number of para-hydroxylation sites is 1.